The van der Waals surface area contributed by atoms with Crippen molar-refractivity contribution in [1.82, 2.24) is 4.31 Å². The highest BCUT2D eigenvalue weighted by molar-refractivity contribution is 7.92. The number of hydrogen-bond donors (Lipinski definition) is 1. The van der Waals surface area contributed by atoms with E-state index in [1.165, 1.54) is 66.0 Å². The maximum atomic E-state index is 13.6. The van der Waals surface area contributed by atoms with Crippen LogP contribution in [0.5, 0.6) is 11.5 Å². The van der Waals surface area contributed by atoms with Gasteiger partial charge in [0.1, 0.15) is 22.9 Å². The van der Waals surface area contributed by atoms with Crippen LogP contribution in [-0.4, -0.2) is 73.6 Å². The van der Waals surface area contributed by atoms with Gasteiger partial charge in [-0.1, -0.05) is 11.6 Å². The number of methoxy groups -OCH3 is 1. The second-order valence-corrected chi connectivity index (χ2v) is 13.0. The number of benzene rings is 3. The average Bonchev–Trinajstić information content (AvgIpc) is 2.97. The first-order valence-corrected chi connectivity index (χ1v) is 15.9. The molecule has 14 heteroatoms. The molecule has 1 saturated heterocycles. The average molecular weight is 624 g/mol. The molecule has 4 rings (SSSR count). The first-order chi connectivity index (χ1) is 19.6. The van der Waals surface area contributed by atoms with Crippen LogP contribution in [0.3, 0.4) is 0 Å². The summed E-state index contributed by atoms with van der Waals surface area (Å²) in [4.78, 5) is 13.1. The van der Waals surface area contributed by atoms with E-state index in [1.54, 1.807) is 12.1 Å². The molecule has 1 aliphatic heterocycles. The van der Waals surface area contributed by atoms with Gasteiger partial charge in [-0.05, 0) is 73.7 Å². The van der Waals surface area contributed by atoms with Crippen molar-refractivity contribution in [2.45, 2.75) is 16.7 Å². The van der Waals surface area contributed by atoms with Crippen LogP contribution < -0.4 is 19.1 Å². The third kappa shape index (κ3) is 7.11. The topological polar surface area (TPSA) is 132 Å². The summed E-state index contributed by atoms with van der Waals surface area (Å²) in [5.41, 5.74) is 0.377. The highest BCUT2D eigenvalue weighted by Crippen LogP contribution is 2.31. The molecule has 0 saturated carbocycles. The molecule has 1 fully saturated rings. The van der Waals surface area contributed by atoms with E-state index in [4.69, 9.17) is 25.8 Å². The number of halogens is 1. The summed E-state index contributed by atoms with van der Waals surface area (Å²) in [6.45, 7) is 2.55. The summed E-state index contributed by atoms with van der Waals surface area (Å²) in [6.07, 6.45) is 0. The van der Waals surface area contributed by atoms with E-state index in [1.807, 2.05) is 6.92 Å². The van der Waals surface area contributed by atoms with Crippen molar-refractivity contribution in [2.75, 3.05) is 56.2 Å². The lowest BCUT2D eigenvalue weighted by molar-refractivity contribution is -0.114. The van der Waals surface area contributed by atoms with Crippen molar-refractivity contribution < 1.29 is 35.8 Å². The number of sulfonamides is 2. The Balaban J connectivity index is 1.63. The van der Waals surface area contributed by atoms with E-state index >= 15 is 0 Å². The van der Waals surface area contributed by atoms with Gasteiger partial charge in [-0.25, -0.2) is 16.8 Å². The quantitative estimate of drug-likeness (QED) is 0.343. The maximum absolute atomic E-state index is 13.6. The largest absolute Gasteiger partial charge is 0.495 e. The smallest absolute Gasteiger partial charge is 0.264 e. The molecule has 0 atom stereocenters. The SMILES string of the molecule is CCOc1ccc(N(CC(=O)Nc2ccc(OC)c(S(=O)(=O)N3CCOCC3)c2)S(=O)(=O)c2ccc(Cl)cc2)cc1. The van der Waals surface area contributed by atoms with Crippen LogP contribution in [0.2, 0.25) is 5.02 Å². The second kappa shape index (κ2) is 13.1. The van der Waals surface area contributed by atoms with Crippen LogP contribution in [0.1, 0.15) is 6.92 Å². The Labute approximate surface area is 244 Å². The Morgan fingerprint density at radius 2 is 1.66 bits per heavy atom. The number of hydrogen-bond acceptors (Lipinski definition) is 8. The third-order valence-corrected chi connectivity index (χ3v) is 10.1. The number of rotatable bonds is 11. The van der Waals surface area contributed by atoms with Crippen molar-refractivity contribution in [3.05, 3.63) is 71.8 Å². The lowest BCUT2D eigenvalue weighted by Gasteiger charge is -2.27. The molecule has 1 amide bonds. The van der Waals surface area contributed by atoms with Crippen molar-refractivity contribution in [3.8, 4) is 11.5 Å². The van der Waals surface area contributed by atoms with Crippen molar-refractivity contribution >= 4 is 48.9 Å². The van der Waals surface area contributed by atoms with Crippen LogP contribution >= 0.6 is 11.6 Å². The lowest BCUT2D eigenvalue weighted by atomic mass is 10.3. The zero-order chi connectivity index (χ0) is 29.6. The molecular weight excluding hydrogens is 594 g/mol. The highest BCUT2D eigenvalue weighted by Gasteiger charge is 2.31. The van der Waals surface area contributed by atoms with Gasteiger partial charge in [-0.2, -0.15) is 4.31 Å². The van der Waals surface area contributed by atoms with Gasteiger partial charge in [0, 0.05) is 23.8 Å². The number of ether oxygens (including phenoxy) is 3. The summed E-state index contributed by atoms with van der Waals surface area (Å²) in [5.74, 6) is -0.0519. The second-order valence-electron chi connectivity index (χ2n) is 8.82. The molecular formula is C27H30ClN3O8S2. The molecule has 1 heterocycles. The molecule has 0 bridgehead atoms. The van der Waals surface area contributed by atoms with Crippen molar-refractivity contribution in [1.29, 1.82) is 0 Å². The fourth-order valence-electron chi connectivity index (χ4n) is 4.14. The minimum Gasteiger partial charge on any atom is -0.495 e. The number of nitrogens with one attached hydrogen (secondary N) is 1. The number of carbonyl (C=O) groups is 1. The third-order valence-electron chi connectivity index (χ3n) is 6.16. The molecule has 1 N–H and O–H groups in total. The van der Waals surface area contributed by atoms with Gasteiger partial charge in [0.15, 0.2) is 0 Å². The highest BCUT2D eigenvalue weighted by atomic mass is 35.5. The van der Waals surface area contributed by atoms with Gasteiger partial charge in [-0.15, -0.1) is 0 Å². The Morgan fingerprint density at radius 3 is 2.27 bits per heavy atom. The van der Waals surface area contributed by atoms with E-state index in [0.29, 0.717) is 17.4 Å². The van der Waals surface area contributed by atoms with E-state index < -0.39 is 32.5 Å². The molecule has 220 valence electrons. The van der Waals surface area contributed by atoms with Gasteiger partial charge in [0.25, 0.3) is 10.0 Å². The van der Waals surface area contributed by atoms with Crippen LogP contribution in [0.15, 0.2) is 76.5 Å². The van der Waals surface area contributed by atoms with Gasteiger partial charge in [0.2, 0.25) is 15.9 Å². The lowest BCUT2D eigenvalue weighted by Crippen LogP contribution is -2.40. The Morgan fingerprint density at radius 1 is 1.00 bits per heavy atom. The zero-order valence-corrected chi connectivity index (χ0v) is 24.8. The molecule has 1 aliphatic rings. The minimum absolute atomic E-state index is 0.0630. The van der Waals surface area contributed by atoms with Crippen molar-refractivity contribution in [2.24, 2.45) is 0 Å². The van der Waals surface area contributed by atoms with Crippen molar-refractivity contribution in [3.63, 3.8) is 0 Å². The fourth-order valence-corrected chi connectivity index (χ4v) is 7.27. The molecule has 11 nitrogen and oxygen atoms in total. The van der Waals surface area contributed by atoms with E-state index in [-0.39, 0.29) is 53.2 Å². The summed E-state index contributed by atoms with van der Waals surface area (Å²) in [5, 5.41) is 2.98. The van der Waals surface area contributed by atoms with Crippen LogP contribution in [0, 0.1) is 0 Å². The Hall–Kier alpha value is -3.36. The Bertz CT molecular complexity index is 1580. The molecule has 41 heavy (non-hydrogen) atoms. The van der Waals surface area contributed by atoms with Gasteiger partial charge < -0.3 is 19.5 Å². The molecule has 0 unspecified atom stereocenters. The number of carbonyl (C=O) groups excluding carboxylic acids is 1. The van der Waals surface area contributed by atoms with Crippen LogP contribution in [0.25, 0.3) is 0 Å². The Kier molecular flexibility index (Phi) is 9.76. The van der Waals surface area contributed by atoms with E-state index in [9.17, 15) is 21.6 Å². The van der Waals surface area contributed by atoms with E-state index in [0.717, 1.165) is 4.31 Å². The minimum atomic E-state index is -4.20. The van der Waals surface area contributed by atoms with Gasteiger partial charge in [-0.3, -0.25) is 9.10 Å². The molecule has 0 aromatic heterocycles. The standard InChI is InChI=1S/C27H30ClN3O8S2/c1-3-39-23-9-7-22(8-10-23)31(40(33,34)24-11-4-20(28)5-12-24)19-27(32)29-21-6-13-25(37-2)26(18-21)41(35,36)30-14-16-38-17-15-30/h4-13,18H,3,14-17,19H2,1-2H3,(H,29,32). The molecule has 0 spiro atoms. The number of morpholine rings is 1. The summed E-state index contributed by atoms with van der Waals surface area (Å²) in [7, 11) is -6.80. The molecule has 0 aliphatic carbocycles. The predicted octanol–water partition coefficient (Wildman–Crippen LogP) is 3.60. The number of anilines is 2. The molecule has 3 aromatic carbocycles. The van der Waals surface area contributed by atoms with Gasteiger partial charge >= 0.3 is 0 Å². The number of nitrogens with zero attached hydrogens (tertiary/aromatic N) is 2. The number of amides is 1. The zero-order valence-electron chi connectivity index (χ0n) is 22.4. The molecule has 0 radical (unpaired) electrons. The fraction of sp³-hybridized carbons (Fsp3) is 0.296. The van der Waals surface area contributed by atoms with Gasteiger partial charge in [0.05, 0.1) is 37.5 Å². The monoisotopic (exact) mass is 623 g/mol. The predicted molar refractivity (Wildman–Crippen MR) is 155 cm³/mol. The van der Waals surface area contributed by atoms with Crippen LogP contribution in [-0.2, 0) is 29.6 Å². The van der Waals surface area contributed by atoms with Crippen LogP contribution in [0.4, 0.5) is 11.4 Å². The summed E-state index contributed by atoms with van der Waals surface area (Å²) >= 11 is 5.95. The summed E-state index contributed by atoms with van der Waals surface area (Å²) in [6, 6.07) is 16.1. The summed E-state index contributed by atoms with van der Waals surface area (Å²) < 4.78 is 72.2. The first kappa shape index (κ1) is 30.6. The maximum Gasteiger partial charge on any atom is 0.264 e. The van der Waals surface area contributed by atoms with E-state index in [2.05, 4.69) is 5.32 Å². The normalized spacial score (nSPS) is 14.3. The first-order valence-electron chi connectivity index (χ1n) is 12.6. The molecule has 3 aromatic rings.